The van der Waals surface area contributed by atoms with E-state index in [1.54, 1.807) is 18.2 Å². The van der Waals surface area contributed by atoms with Gasteiger partial charge in [-0.1, -0.05) is 23.7 Å². The van der Waals surface area contributed by atoms with E-state index in [1.807, 2.05) is 0 Å². The van der Waals surface area contributed by atoms with E-state index >= 15 is 0 Å². The lowest BCUT2D eigenvalue weighted by Crippen LogP contribution is -2.19. The van der Waals surface area contributed by atoms with Gasteiger partial charge < -0.3 is 9.73 Å². The van der Waals surface area contributed by atoms with E-state index < -0.39 is 22.6 Å². The molecule has 1 aliphatic heterocycles. The Balaban J connectivity index is 1.57. The standard InChI is InChI=1S/C21H11ClF3N3O4S/c22-15-6-4-12(21(23,24)25)9-16(15)26-20-27-19(29)18(33-20)10-14-5-7-17(32-14)11-2-1-3-13(8-11)28(30)31/h1-10H,(H,26,27,29). The van der Waals surface area contributed by atoms with Crippen LogP contribution >= 0.6 is 23.4 Å². The summed E-state index contributed by atoms with van der Waals surface area (Å²) in [4.78, 5) is 26.9. The van der Waals surface area contributed by atoms with Crippen molar-refractivity contribution in [1.29, 1.82) is 0 Å². The lowest BCUT2D eigenvalue weighted by Gasteiger charge is -2.08. The van der Waals surface area contributed by atoms with Crippen LogP contribution in [0.1, 0.15) is 11.3 Å². The Bertz CT molecular complexity index is 1330. The number of carbonyl (C=O) groups is 1. The minimum atomic E-state index is -4.56. The molecule has 1 fully saturated rings. The van der Waals surface area contributed by atoms with Crippen LogP contribution in [-0.2, 0) is 11.0 Å². The van der Waals surface area contributed by atoms with Crippen molar-refractivity contribution in [2.45, 2.75) is 6.18 Å². The number of nitro groups is 1. The summed E-state index contributed by atoms with van der Waals surface area (Å²) in [7, 11) is 0. The Morgan fingerprint density at radius 2 is 1.94 bits per heavy atom. The number of rotatable bonds is 4. The minimum Gasteiger partial charge on any atom is -0.457 e. The summed E-state index contributed by atoms with van der Waals surface area (Å²) < 4.78 is 44.5. The van der Waals surface area contributed by atoms with E-state index in [0.717, 1.165) is 30.0 Å². The van der Waals surface area contributed by atoms with Gasteiger partial charge in [0.25, 0.3) is 11.6 Å². The maximum absolute atomic E-state index is 12.9. The Labute approximate surface area is 193 Å². The number of non-ortho nitro benzene ring substituents is 1. The van der Waals surface area contributed by atoms with Gasteiger partial charge in [-0.05, 0) is 42.1 Å². The summed E-state index contributed by atoms with van der Waals surface area (Å²) in [5.74, 6) is 0.140. The van der Waals surface area contributed by atoms with Crippen LogP contribution in [0.3, 0.4) is 0 Å². The first-order valence-corrected chi connectivity index (χ1v) is 10.3. The third kappa shape index (κ3) is 5.10. The van der Waals surface area contributed by atoms with Crippen molar-refractivity contribution in [1.82, 2.24) is 5.32 Å². The molecular weight excluding hydrogens is 483 g/mol. The summed E-state index contributed by atoms with van der Waals surface area (Å²) >= 11 is 6.85. The van der Waals surface area contributed by atoms with Crippen molar-refractivity contribution in [3.63, 3.8) is 0 Å². The molecule has 1 amide bonds. The second-order valence-corrected chi connectivity index (χ2v) is 8.09. The normalized spacial score (nSPS) is 16.4. The third-order valence-electron chi connectivity index (χ3n) is 4.39. The van der Waals surface area contributed by atoms with Gasteiger partial charge in [0.2, 0.25) is 0 Å². The zero-order valence-corrected chi connectivity index (χ0v) is 17.8. The number of amidine groups is 1. The third-order valence-corrected chi connectivity index (χ3v) is 5.62. The molecule has 3 aromatic rings. The molecule has 1 N–H and O–H groups in total. The van der Waals surface area contributed by atoms with Gasteiger partial charge in [-0.25, -0.2) is 4.99 Å². The Kier molecular flexibility index (Phi) is 6.00. The number of alkyl halides is 3. The molecule has 2 aromatic carbocycles. The van der Waals surface area contributed by atoms with E-state index in [2.05, 4.69) is 10.3 Å². The molecule has 0 bridgehead atoms. The van der Waals surface area contributed by atoms with Crippen molar-refractivity contribution in [3.8, 4) is 11.3 Å². The summed E-state index contributed by atoms with van der Waals surface area (Å²) in [6.07, 6.45) is -3.13. The molecule has 0 spiro atoms. The summed E-state index contributed by atoms with van der Waals surface area (Å²) in [5, 5.41) is 13.5. The maximum Gasteiger partial charge on any atom is 0.416 e. The fraction of sp³-hybridized carbons (Fsp3) is 0.0476. The number of nitro benzene ring substituents is 1. The van der Waals surface area contributed by atoms with E-state index in [4.69, 9.17) is 16.0 Å². The lowest BCUT2D eigenvalue weighted by molar-refractivity contribution is -0.384. The van der Waals surface area contributed by atoms with Gasteiger partial charge in [-0.15, -0.1) is 0 Å². The minimum absolute atomic E-state index is 0.00425. The number of benzene rings is 2. The molecule has 2 heterocycles. The Hall–Kier alpha value is -3.57. The SMILES string of the molecule is O=C1NC(=Nc2cc(C(F)(F)F)ccc2Cl)SC1=Cc1ccc(-c2cccc([N+](=O)[O-])c2)o1. The first-order valence-electron chi connectivity index (χ1n) is 9.11. The molecule has 12 heteroatoms. The number of thioether (sulfide) groups is 1. The lowest BCUT2D eigenvalue weighted by atomic mass is 10.1. The predicted molar refractivity (Wildman–Crippen MR) is 118 cm³/mol. The molecule has 1 aliphatic rings. The van der Waals surface area contributed by atoms with Crippen LogP contribution in [0.2, 0.25) is 5.02 Å². The molecule has 1 saturated heterocycles. The number of nitrogens with zero attached hydrogens (tertiary/aromatic N) is 2. The van der Waals surface area contributed by atoms with Gasteiger partial charge in [0.05, 0.1) is 26.1 Å². The summed E-state index contributed by atoms with van der Waals surface area (Å²) in [5.41, 5.74) is -0.662. The van der Waals surface area contributed by atoms with Crippen LogP contribution in [-0.4, -0.2) is 16.0 Å². The molecule has 0 radical (unpaired) electrons. The molecule has 33 heavy (non-hydrogen) atoms. The van der Waals surface area contributed by atoms with Crippen molar-refractivity contribution >= 4 is 51.9 Å². The molecule has 0 aliphatic carbocycles. The van der Waals surface area contributed by atoms with Crippen molar-refractivity contribution in [2.24, 2.45) is 4.99 Å². The van der Waals surface area contributed by atoms with Crippen LogP contribution < -0.4 is 5.32 Å². The second-order valence-electron chi connectivity index (χ2n) is 6.66. The molecule has 7 nitrogen and oxygen atoms in total. The second kappa shape index (κ2) is 8.75. The van der Waals surface area contributed by atoms with Gasteiger partial charge in [0.1, 0.15) is 11.5 Å². The predicted octanol–water partition coefficient (Wildman–Crippen LogP) is 6.42. The molecule has 4 rings (SSSR count). The summed E-state index contributed by atoms with van der Waals surface area (Å²) in [6, 6.07) is 11.8. The fourth-order valence-corrected chi connectivity index (χ4v) is 3.83. The molecule has 0 saturated carbocycles. The van der Waals surface area contributed by atoms with Crippen LogP contribution in [0, 0.1) is 10.1 Å². The molecule has 0 unspecified atom stereocenters. The monoisotopic (exact) mass is 493 g/mol. The number of carbonyl (C=O) groups excluding carboxylic acids is 1. The highest BCUT2D eigenvalue weighted by Crippen LogP contribution is 2.37. The number of furan rings is 1. The Morgan fingerprint density at radius 3 is 2.67 bits per heavy atom. The first kappa shape index (κ1) is 22.6. The van der Waals surface area contributed by atoms with Crippen LogP contribution in [0.5, 0.6) is 0 Å². The van der Waals surface area contributed by atoms with Crippen LogP contribution in [0.4, 0.5) is 24.5 Å². The smallest absolute Gasteiger partial charge is 0.416 e. The van der Waals surface area contributed by atoms with Gasteiger partial charge in [0, 0.05) is 23.8 Å². The summed E-state index contributed by atoms with van der Waals surface area (Å²) in [6.45, 7) is 0. The van der Waals surface area contributed by atoms with E-state index in [1.165, 1.54) is 24.3 Å². The zero-order chi connectivity index (χ0) is 23.8. The van der Waals surface area contributed by atoms with Gasteiger partial charge in [-0.3, -0.25) is 14.9 Å². The quantitative estimate of drug-likeness (QED) is 0.257. The molecule has 0 atom stereocenters. The highest BCUT2D eigenvalue weighted by Gasteiger charge is 2.31. The molecule has 1 aromatic heterocycles. The van der Waals surface area contributed by atoms with E-state index in [0.29, 0.717) is 17.1 Å². The van der Waals surface area contributed by atoms with Crippen LogP contribution in [0.15, 0.2) is 68.9 Å². The largest absolute Gasteiger partial charge is 0.457 e. The zero-order valence-electron chi connectivity index (χ0n) is 16.2. The number of nitrogens with one attached hydrogen (secondary N) is 1. The Morgan fingerprint density at radius 1 is 1.15 bits per heavy atom. The van der Waals surface area contributed by atoms with Crippen LogP contribution in [0.25, 0.3) is 17.4 Å². The number of hydrogen-bond acceptors (Lipinski definition) is 6. The fourth-order valence-electron chi connectivity index (χ4n) is 2.85. The molecular formula is C21H11ClF3N3O4S. The maximum atomic E-state index is 12.9. The number of halogens is 4. The average molecular weight is 494 g/mol. The number of hydrogen-bond donors (Lipinski definition) is 1. The van der Waals surface area contributed by atoms with Crippen molar-refractivity contribution < 1.29 is 27.3 Å². The topological polar surface area (TPSA) is 97.7 Å². The van der Waals surface area contributed by atoms with E-state index in [-0.39, 0.29) is 26.5 Å². The van der Waals surface area contributed by atoms with Gasteiger partial charge >= 0.3 is 6.18 Å². The highest BCUT2D eigenvalue weighted by atomic mass is 35.5. The van der Waals surface area contributed by atoms with Crippen molar-refractivity contribution in [2.75, 3.05) is 0 Å². The van der Waals surface area contributed by atoms with E-state index in [9.17, 15) is 28.1 Å². The highest BCUT2D eigenvalue weighted by molar-refractivity contribution is 8.18. The van der Waals surface area contributed by atoms with Crippen molar-refractivity contribution in [3.05, 3.63) is 86.0 Å². The first-order chi connectivity index (χ1) is 15.6. The average Bonchev–Trinajstić information content (AvgIpc) is 3.36. The van der Waals surface area contributed by atoms with Gasteiger partial charge in [-0.2, -0.15) is 13.2 Å². The molecule has 168 valence electrons. The van der Waals surface area contributed by atoms with Gasteiger partial charge in [0.15, 0.2) is 5.17 Å². The number of aliphatic imine (C=N–C) groups is 1. The number of amides is 1.